The number of carbonyl (C=O) groups excluding carboxylic acids is 1. The molecule has 0 spiro atoms. The van der Waals surface area contributed by atoms with Crippen molar-refractivity contribution in [3.8, 4) is 0 Å². The number of unbranched alkanes of at least 4 members (excludes halogenated alkanes) is 2. The van der Waals surface area contributed by atoms with Gasteiger partial charge in [-0.1, -0.05) is 0 Å². The smallest absolute Gasteiger partial charge is 0.136 e. The lowest BCUT2D eigenvalue weighted by molar-refractivity contribution is -0.275. The lowest BCUT2D eigenvalue weighted by Crippen LogP contribution is -2.60. The molecule has 20 heavy (non-hydrogen) atoms. The number of ether oxygens (including phenoxy) is 1. The maximum absolute atomic E-state index is 11.8. The van der Waals surface area contributed by atoms with Crippen LogP contribution >= 0.6 is 0 Å². The van der Waals surface area contributed by atoms with Gasteiger partial charge in [-0.3, -0.25) is 9.63 Å². The van der Waals surface area contributed by atoms with Crippen LogP contribution in [-0.4, -0.2) is 41.7 Å². The molecule has 1 aliphatic rings. The molecule has 4 nitrogen and oxygen atoms in total. The molecule has 0 atom stereocenters. The van der Waals surface area contributed by atoms with Crippen LogP contribution in [0.4, 0.5) is 0 Å². The first-order chi connectivity index (χ1) is 9.29. The summed E-state index contributed by atoms with van der Waals surface area (Å²) in [5.74, 6) is 0.330. The van der Waals surface area contributed by atoms with Crippen molar-refractivity contribution in [1.82, 2.24) is 5.06 Å². The summed E-state index contributed by atoms with van der Waals surface area (Å²) in [6.45, 7) is 12.7. The molecule has 0 radical (unpaired) electrons. The number of Topliss-reactive ketones (excluding diaryl/α,β-unsaturated/α-hetero) is 1. The third-order valence-electron chi connectivity index (χ3n) is 3.72. The molecule has 0 bridgehead atoms. The fourth-order valence-corrected chi connectivity index (χ4v) is 3.12. The molecular formula is C16H31NO3. The molecule has 1 saturated heterocycles. The summed E-state index contributed by atoms with van der Waals surface area (Å²) in [4.78, 5) is 17.8. The van der Waals surface area contributed by atoms with Crippen LogP contribution < -0.4 is 0 Å². The number of ketones is 1. The molecule has 0 aromatic carbocycles. The molecule has 0 aliphatic carbocycles. The molecule has 1 heterocycles. The predicted octanol–water partition coefficient (Wildman–Crippen LogP) is 3.35. The maximum atomic E-state index is 11.8. The van der Waals surface area contributed by atoms with E-state index >= 15 is 0 Å². The quantitative estimate of drug-likeness (QED) is 0.641. The van der Waals surface area contributed by atoms with Crippen LogP contribution in [0.5, 0.6) is 0 Å². The Morgan fingerprint density at radius 3 is 2.10 bits per heavy atom. The van der Waals surface area contributed by atoms with E-state index in [-0.39, 0.29) is 11.1 Å². The van der Waals surface area contributed by atoms with Crippen molar-refractivity contribution in [2.75, 3.05) is 19.8 Å². The summed E-state index contributed by atoms with van der Waals surface area (Å²) in [7, 11) is 0. The second kappa shape index (κ2) is 7.53. The van der Waals surface area contributed by atoms with Crippen LogP contribution in [0, 0.1) is 0 Å². The van der Waals surface area contributed by atoms with Crippen molar-refractivity contribution >= 4 is 5.78 Å². The van der Waals surface area contributed by atoms with Crippen molar-refractivity contribution < 1.29 is 14.4 Å². The van der Waals surface area contributed by atoms with E-state index in [0.717, 1.165) is 32.5 Å². The van der Waals surface area contributed by atoms with Gasteiger partial charge in [0.05, 0.1) is 6.61 Å². The van der Waals surface area contributed by atoms with Gasteiger partial charge in [-0.25, -0.2) is 0 Å². The Balaban J connectivity index is 2.35. The zero-order valence-corrected chi connectivity index (χ0v) is 13.8. The Labute approximate surface area is 123 Å². The molecule has 1 fully saturated rings. The molecule has 0 unspecified atom stereocenters. The molecule has 118 valence electrons. The second-order valence-electron chi connectivity index (χ2n) is 6.90. The number of rotatable bonds is 8. The van der Waals surface area contributed by atoms with Crippen LogP contribution in [0.1, 0.15) is 66.7 Å². The van der Waals surface area contributed by atoms with E-state index in [0.29, 0.717) is 25.2 Å². The minimum absolute atomic E-state index is 0.218. The molecule has 4 heteroatoms. The molecule has 0 aromatic rings. The monoisotopic (exact) mass is 285 g/mol. The summed E-state index contributed by atoms with van der Waals surface area (Å²) < 4.78 is 5.32. The average Bonchev–Trinajstić information content (AvgIpc) is 2.28. The van der Waals surface area contributed by atoms with Crippen molar-refractivity contribution in [3.63, 3.8) is 0 Å². The minimum atomic E-state index is -0.218. The van der Waals surface area contributed by atoms with Crippen LogP contribution in [0.2, 0.25) is 0 Å². The highest BCUT2D eigenvalue weighted by atomic mass is 16.7. The Hall–Kier alpha value is -0.450. The summed E-state index contributed by atoms with van der Waals surface area (Å²) in [5.41, 5.74) is -0.436. The minimum Gasteiger partial charge on any atom is -0.382 e. The maximum Gasteiger partial charge on any atom is 0.136 e. The Kier molecular flexibility index (Phi) is 6.62. The molecule has 1 aliphatic heterocycles. The molecule has 1 rings (SSSR count). The summed E-state index contributed by atoms with van der Waals surface area (Å²) >= 11 is 0. The van der Waals surface area contributed by atoms with Gasteiger partial charge < -0.3 is 4.74 Å². The first-order valence-corrected chi connectivity index (χ1v) is 7.82. The zero-order valence-electron chi connectivity index (χ0n) is 13.8. The number of hydroxylamine groups is 2. The Bertz CT molecular complexity index is 293. The lowest BCUT2D eigenvalue weighted by atomic mass is 9.81. The van der Waals surface area contributed by atoms with Gasteiger partial charge in [0, 0.05) is 37.1 Å². The number of carbonyl (C=O) groups is 1. The summed E-state index contributed by atoms with van der Waals surface area (Å²) in [6.07, 6.45) is 4.38. The highest BCUT2D eigenvalue weighted by Crippen LogP contribution is 2.36. The van der Waals surface area contributed by atoms with Gasteiger partial charge in [0.15, 0.2) is 0 Å². The summed E-state index contributed by atoms with van der Waals surface area (Å²) in [5, 5.41) is 2.05. The van der Waals surface area contributed by atoms with E-state index in [1.165, 1.54) is 0 Å². The van der Waals surface area contributed by atoms with E-state index in [2.05, 4.69) is 27.7 Å². The fraction of sp³-hybridized carbons (Fsp3) is 0.938. The third kappa shape index (κ3) is 5.15. The number of hydrogen-bond acceptors (Lipinski definition) is 4. The molecule has 0 aromatic heterocycles. The molecule has 0 saturated carbocycles. The van der Waals surface area contributed by atoms with Gasteiger partial charge in [0.2, 0.25) is 0 Å². The third-order valence-corrected chi connectivity index (χ3v) is 3.72. The van der Waals surface area contributed by atoms with Crippen LogP contribution in [-0.2, 0) is 14.4 Å². The highest BCUT2D eigenvalue weighted by molar-refractivity contribution is 5.81. The molecule has 0 N–H and O–H groups in total. The normalized spacial score (nSPS) is 22.1. The van der Waals surface area contributed by atoms with Crippen LogP contribution in [0.3, 0.4) is 0 Å². The lowest BCUT2D eigenvalue weighted by Gasteiger charge is -2.50. The van der Waals surface area contributed by atoms with Gasteiger partial charge in [0.1, 0.15) is 5.78 Å². The number of nitrogens with zero attached hydrogens (tertiary/aromatic N) is 1. The van der Waals surface area contributed by atoms with Gasteiger partial charge in [-0.15, -0.1) is 0 Å². The van der Waals surface area contributed by atoms with E-state index in [9.17, 15) is 4.79 Å². The number of hydrogen-bond donors (Lipinski definition) is 0. The van der Waals surface area contributed by atoms with E-state index in [4.69, 9.17) is 9.57 Å². The fourth-order valence-electron chi connectivity index (χ4n) is 3.12. The van der Waals surface area contributed by atoms with Gasteiger partial charge >= 0.3 is 0 Å². The largest absolute Gasteiger partial charge is 0.382 e. The standard InChI is InChI=1S/C16H31NO3/c1-6-19-10-8-7-9-11-20-17-15(2,3)12-14(18)13-16(17,4)5/h6-13H2,1-5H3. The number of piperidine rings is 1. The van der Waals surface area contributed by atoms with Crippen LogP contribution in [0.15, 0.2) is 0 Å². The average molecular weight is 285 g/mol. The van der Waals surface area contributed by atoms with E-state index < -0.39 is 0 Å². The highest BCUT2D eigenvalue weighted by Gasteiger charge is 2.45. The first-order valence-electron chi connectivity index (χ1n) is 7.82. The first kappa shape index (κ1) is 17.6. The van der Waals surface area contributed by atoms with Crippen molar-refractivity contribution in [2.45, 2.75) is 77.8 Å². The van der Waals surface area contributed by atoms with Crippen LogP contribution in [0.25, 0.3) is 0 Å². The Morgan fingerprint density at radius 1 is 1.00 bits per heavy atom. The van der Waals surface area contributed by atoms with Crippen molar-refractivity contribution in [3.05, 3.63) is 0 Å². The predicted molar refractivity (Wildman–Crippen MR) is 80.5 cm³/mol. The second-order valence-corrected chi connectivity index (χ2v) is 6.90. The zero-order chi connectivity index (χ0) is 15.2. The molecule has 0 amide bonds. The molecular weight excluding hydrogens is 254 g/mol. The summed E-state index contributed by atoms with van der Waals surface area (Å²) in [6, 6.07) is 0. The van der Waals surface area contributed by atoms with E-state index in [1.54, 1.807) is 0 Å². The van der Waals surface area contributed by atoms with E-state index in [1.807, 2.05) is 12.0 Å². The topological polar surface area (TPSA) is 38.8 Å². The SMILES string of the molecule is CCOCCCCCON1C(C)(C)CC(=O)CC1(C)C. The van der Waals surface area contributed by atoms with Crippen molar-refractivity contribution in [2.24, 2.45) is 0 Å². The van der Waals surface area contributed by atoms with Gasteiger partial charge in [0.25, 0.3) is 0 Å². The Morgan fingerprint density at radius 2 is 1.55 bits per heavy atom. The van der Waals surface area contributed by atoms with Crippen molar-refractivity contribution in [1.29, 1.82) is 0 Å². The van der Waals surface area contributed by atoms with Gasteiger partial charge in [-0.05, 0) is 53.9 Å². The van der Waals surface area contributed by atoms with Gasteiger partial charge in [-0.2, -0.15) is 5.06 Å².